The molecule has 0 saturated carbocycles. The molecule has 0 heterocycles. The van der Waals surface area contributed by atoms with Crippen LogP contribution in [0.15, 0.2) is 30.3 Å². The van der Waals surface area contributed by atoms with Crippen molar-refractivity contribution in [1.82, 2.24) is 0 Å². The van der Waals surface area contributed by atoms with Crippen LogP contribution in [0.3, 0.4) is 0 Å². The van der Waals surface area contributed by atoms with Crippen LogP contribution in [0.2, 0.25) is 0 Å². The zero-order chi connectivity index (χ0) is 10.2. The highest BCUT2D eigenvalue weighted by molar-refractivity contribution is 5.42. The Kier molecular flexibility index (Phi) is 5.08. The van der Waals surface area contributed by atoms with E-state index in [1.165, 1.54) is 0 Å². The SMILES string of the molecule is CCCC[C@@H](O)CNc1ccccc1. The first-order valence-corrected chi connectivity index (χ1v) is 5.30. The summed E-state index contributed by atoms with van der Waals surface area (Å²) in [6.45, 7) is 2.78. The molecule has 0 aliphatic carbocycles. The molecule has 0 aromatic heterocycles. The van der Waals surface area contributed by atoms with Gasteiger partial charge in [-0.3, -0.25) is 0 Å². The molecule has 1 aromatic rings. The number of nitrogens with one attached hydrogen (secondary N) is 1. The fourth-order valence-electron chi connectivity index (χ4n) is 1.33. The summed E-state index contributed by atoms with van der Waals surface area (Å²) >= 11 is 0. The number of anilines is 1. The third-order valence-electron chi connectivity index (χ3n) is 2.21. The van der Waals surface area contributed by atoms with Gasteiger partial charge in [0.1, 0.15) is 0 Å². The first-order chi connectivity index (χ1) is 6.83. The second-order valence-electron chi connectivity index (χ2n) is 3.54. The molecule has 0 saturated heterocycles. The van der Waals surface area contributed by atoms with Crippen LogP contribution in [-0.4, -0.2) is 17.8 Å². The summed E-state index contributed by atoms with van der Waals surface area (Å²) in [6.07, 6.45) is 2.89. The summed E-state index contributed by atoms with van der Waals surface area (Å²) in [7, 11) is 0. The maximum absolute atomic E-state index is 9.58. The van der Waals surface area contributed by atoms with Gasteiger partial charge < -0.3 is 10.4 Å². The predicted octanol–water partition coefficient (Wildman–Crippen LogP) is 2.65. The number of para-hydroxylation sites is 1. The van der Waals surface area contributed by atoms with Gasteiger partial charge in [-0.15, -0.1) is 0 Å². The topological polar surface area (TPSA) is 32.3 Å². The average molecular weight is 193 g/mol. The zero-order valence-electron chi connectivity index (χ0n) is 8.74. The zero-order valence-corrected chi connectivity index (χ0v) is 8.74. The van der Waals surface area contributed by atoms with Gasteiger partial charge in [-0.25, -0.2) is 0 Å². The van der Waals surface area contributed by atoms with Crippen LogP contribution in [0.25, 0.3) is 0 Å². The lowest BCUT2D eigenvalue weighted by molar-refractivity contribution is 0.174. The van der Waals surface area contributed by atoms with Crippen LogP contribution < -0.4 is 5.32 Å². The third-order valence-corrected chi connectivity index (χ3v) is 2.21. The lowest BCUT2D eigenvalue weighted by atomic mass is 10.1. The van der Waals surface area contributed by atoms with E-state index in [2.05, 4.69) is 12.2 Å². The second kappa shape index (κ2) is 6.44. The molecule has 0 unspecified atom stereocenters. The minimum absolute atomic E-state index is 0.227. The molecule has 2 N–H and O–H groups in total. The Morgan fingerprint density at radius 2 is 2.00 bits per heavy atom. The number of unbranched alkanes of at least 4 members (excludes halogenated alkanes) is 1. The van der Waals surface area contributed by atoms with Crippen molar-refractivity contribution < 1.29 is 5.11 Å². The standard InChI is InChI=1S/C12H19NO/c1-2-3-9-12(14)10-13-11-7-5-4-6-8-11/h4-8,12-14H,2-3,9-10H2,1H3/t12-/m1/s1. The number of aliphatic hydroxyl groups excluding tert-OH is 1. The van der Waals surface area contributed by atoms with Gasteiger partial charge in [-0.2, -0.15) is 0 Å². The van der Waals surface area contributed by atoms with E-state index in [0.29, 0.717) is 6.54 Å². The monoisotopic (exact) mass is 193 g/mol. The van der Waals surface area contributed by atoms with Crippen molar-refractivity contribution in [3.8, 4) is 0 Å². The van der Waals surface area contributed by atoms with Crippen LogP contribution in [0.5, 0.6) is 0 Å². The van der Waals surface area contributed by atoms with Crippen LogP contribution in [0.4, 0.5) is 5.69 Å². The summed E-state index contributed by atoms with van der Waals surface area (Å²) in [6, 6.07) is 9.97. The molecule has 14 heavy (non-hydrogen) atoms. The second-order valence-corrected chi connectivity index (χ2v) is 3.54. The van der Waals surface area contributed by atoms with E-state index in [1.807, 2.05) is 30.3 Å². The Bertz CT molecular complexity index is 235. The van der Waals surface area contributed by atoms with Crippen molar-refractivity contribution >= 4 is 5.69 Å². The summed E-state index contributed by atoms with van der Waals surface area (Å²) in [5, 5.41) is 12.8. The fourth-order valence-corrected chi connectivity index (χ4v) is 1.33. The molecule has 2 heteroatoms. The Morgan fingerprint density at radius 1 is 1.29 bits per heavy atom. The van der Waals surface area contributed by atoms with Gasteiger partial charge in [0, 0.05) is 12.2 Å². The first kappa shape index (κ1) is 11.1. The Morgan fingerprint density at radius 3 is 2.64 bits per heavy atom. The van der Waals surface area contributed by atoms with Crippen molar-refractivity contribution in [3.05, 3.63) is 30.3 Å². The smallest absolute Gasteiger partial charge is 0.0712 e. The van der Waals surface area contributed by atoms with Crippen molar-refractivity contribution in [2.45, 2.75) is 32.3 Å². The van der Waals surface area contributed by atoms with Crippen LogP contribution in [0, 0.1) is 0 Å². The van der Waals surface area contributed by atoms with E-state index in [-0.39, 0.29) is 6.10 Å². The van der Waals surface area contributed by atoms with Gasteiger partial charge in [0.15, 0.2) is 0 Å². The van der Waals surface area contributed by atoms with Gasteiger partial charge in [0.25, 0.3) is 0 Å². The molecular formula is C12H19NO. The van der Waals surface area contributed by atoms with E-state index in [0.717, 1.165) is 24.9 Å². The summed E-state index contributed by atoms with van der Waals surface area (Å²) in [5.74, 6) is 0. The number of hydrogen-bond donors (Lipinski definition) is 2. The minimum Gasteiger partial charge on any atom is -0.391 e. The molecule has 0 fully saturated rings. The molecule has 0 amide bonds. The average Bonchev–Trinajstić information content (AvgIpc) is 2.25. The van der Waals surface area contributed by atoms with Crippen molar-refractivity contribution in [3.63, 3.8) is 0 Å². The highest BCUT2D eigenvalue weighted by Gasteiger charge is 2.01. The van der Waals surface area contributed by atoms with Gasteiger partial charge in [0.05, 0.1) is 6.10 Å². The third kappa shape index (κ3) is 4.28. The Balaban J connectivity index is 2.20. The molecule has 1 rings (SSSR count). The van der Waals surface area contributed by atoms with Crippen molar-refractivity contribution in [2.75, 3.05) is 11.9 Å². The highest BCUT2D eigenvalue weighted by atomic mass is 16.3. The molecule has 78 valence electrons. The Labute approximate surface area is 86.0 Å². The molecule has 0 aliphatic heterocycles. The molecule has 2 nitrogen and oxygen atoms in total. The van der Waals surface area contributed by atoms with Crippen LogP contribution in [-0.2, 0) is 0 Å². The van der Waals surface area contributed by atoms with E-state index < -0.39 is 0 Å². The largest absolute Gasteiger partial charge is 0.391 e. The van der Waals surface area contributed by atoms with E-state index in [4.69, 9.17) is 0 Å². The predicted molar refractivity (Wildman–Crippen MR) is 60.5 cm³/mol. The Hall–Kier alpha value is -1.02. The van der Waals surface area contributed by atoms with Crippen molar-refractivity contribution in [2.24, 2.45) is 0 Å². The quantitative estimate of drug-likeness (QED) is 0.728. The van der Waals surface area contributed by atoms with E-state index in [1.54, 1.807) is 0 Å². The van der Waals surface area contributed by atoms with E-state index in [9.17, 15) is 5.11 Å². The maximum Gasteiger partial charge on any atom is 0.0712 e. The number of rotatable bonds is 6. The van der Waals surface area contributed by atoms with E-state index >= 15 is 0 Å². The molecule has 0 bridgehead atoms. The molecule has 0 spiro atoms. The van der Waals surface area contributed by atoms with Gasteiger partial charge in [-0.05, 0) is 18.6 Å². The van der Waals surface area contributed by atoms with Gasteiger partial charge in [0.2, 0.25) is 0 Å². The normalized spacial score (nSPS) is 12.4. The number of benzene rings is 1. The summed E-state index contributed by atoms with van der Waals surface area (Å²) in [5.41, 5.74) is 1.07. The lowest BCUT2D eigenvalue weighted by Crippen LogP contribution is -2.19. The molecule has 1 aromatic carbocycles. The van der Waals surface area contributed by atoms with Gasteiger partial charge in [-0.1, -0.05) is 38.0 Å². The van der Waals surface area contributed by atoms with Gasteiger partial charge >= 0.3 is 0 Å². The highest BCUT2D eigenvalue weighted by Crippen LogP contribution is 2.06. The molecule has 0 radical (unpaired) electrons. The summed E-state index contributed by atoms with van der Waals surface area (Å²) in [4.78, 5) is 0. The fraction of sp³-hybridized carbons (Fsp3) is 0.500. The lowest BCUT2D eigenvalue weighted by Gasteiger charge is -2.11. The molecule has 0 aliphatic rings. The molecular weight excluding hydrogens is 174 g/mol. The first-order valence-electron chi connectivity index (χ1n) is 5.30. The minimum atomic E-state index is -0.227. The number of aliphatic hydroxyl groups is 1. The van der Waals surface area contributed by atoms with Crippen molar-refractivity contribution in [1.29, 1.82) is 0 Å². The van der Waals surface area contributed by atoms with Crippen LogP contribution in [0.1, 0.15) is 26.2 Å². The summed E-state index contributed by atoms with van der Waals surface area (Å²) < 4.78 is 0. The number of hydrogen-bond acceptors (Lipinski definition) is 2. The molecule has 1 atom stereocenters. The van der Waals surface area contributed by atoms with Crippen LogP contribution >= 0.6 is 0 Å². The maximum atomic E-state index is 9.58.